The Kier molecular flexibility index (Phi) is 4.27. The Labute approximate surface area is 113 Å². The maximum Gasteiger partial charge on any atom is 0.405 e. The van der Waals surface area contributed by atoms with E-state index in [1.165, 1.54) is 18.2 Å². The lowest BCUT2D eigenvalue weighted by molar-refractivity contribution is -0.189. The van der Waals surface area contributed by atoms with Crippen LogP contribution < -0.4 is 5.43 Å². The molecule has 0 radical (unpaired) electrons. The van der Waals surface area contributed by atoms with Gasteiger partial charge >= 0.3 is 6.18 Å². The van der Waals surface area contributed by atoms with E-state index in [2.05, 4.69) is 5.43 Å². The lowest BCUT2D eigenvalue weighted by Crippen LogP contribution is -2.50. The third kappa shape index (κ3) is 3.69. The van der Waals surface area contributed by atoms with Gasteiger partial charge < -0.3 is 0 Å². The number of nitrogens with one attached hydrogen (secondary N) is 1. The van der Waals surface area contributed by atoms with E-state index in [9.17, 15) is 22.4 Å². The molecule has 1 amide bonds. The number of hydrogen-bond donors (Lipinski definition) is 1. The first-order valence-electron chi connectivity index (χ1n) is 6.23. The van der Waals surface area contributed by atoms with E-state index >= 15 is 0 Å². The largest absolute Gasteiger partial charge is 0.405 e. The topological polar surface area (TPSA) is 32.3 Å². The molecule has 0 aromatic heterocycles. The van der Waals surface area contributed by atoms with Crippen molar-refractivity contribution in [2.24, 2.45) is 0 Å². The molecular weight excluding hydrogens is 276 g/mol. The van der Waals surface area contributed by atoms with Crippen LogP contribution in [0.5, 0.6) is 0 Å². The normalized spacial score (nSPS) is 18.1. The minimum Gasteiger partial charge on any atom is -0.288 e. The van der Waals surface area contributed by atoms with Crippen molar-refractivity contribution in [1.82, 2.24) is 10.4 Å². The Morgan fingerprint density at radius 2 is 2.10 bits per heavy atom. The maximum atomic E-state index is 13.0. The number of nitrogens with zero attached hydrogens (tertiary/aromatic N) is 1. The molecule has 20 heavy (non-hydrogen) atoms. The minimum absolute atomic E-state index is 0.0339. The molecule has 1 aliphatic rings. The zero-order chi connectivity index (χ0) is 14.8. The summed E-state index contributed by atoms with van der Waals surface area (Å²) in [5.41, 5.74) is 2.71. The number of amides is 1. The van der Waals surface area contributed by atoms with Crippen LogP contribution >= 0.6 is 0 Å². The molecule has 7 heteroatoms. The van der Waals surface area contributed by atoms with E-state index in [1.54, 1.807) is 6.07 Å². The van der Waals surface area contributed by atoms with Gasteiger partial charge in [0.25, 0.3) is 0 Å². The number of alkyl halides is 3. The van der Waals surface area contributed by atoms with Gasteiger partial charge in [-0.15, -0.1) is 0 Å². The summed E-state index contributed by atoms with van der Waals surface area (Å²) in [5, 5.41) is 0.918. The predicted octanol–water partition coefficient (Wildman–Crippen LogP) is 2.43. The molecule has 2 rings (SSSR count). The second kappa shape index (κ2) is 5.78. The summed E-state index contributed by atoms with van der Waals surface area (Å²) < 4.78 is 52.0. The first-order chi connectivity index (χ1) is 9.36. The fraction of sp³-hybridized carbons (Fsp3) is 0.462. The standard InChI is InChI=1S/C13H14F4N2O/c14-10-3-1-2-9(8-10)4-5-11(13(15,16)17)19-7-6-12(20)18-19/h1-3,8,11H,4-7H2,(H,18,20)/t11-/m0/s1. The van der Waals surface area contributed by atoms with Gasteiger partial charge in [-0.25, -0.2) is 9.40 Å². The molecule has 3 nitrogen and oxygen atoms in total. The number of halogens is 4. The number of carbonyl (C=O) groups is 1. The minimum atomic E-state index is -4.44. The molecule has 1 saturated heterocycles. The average molecular weight is 290 g/mol. The van der Waals surface area contributed by atoms with Gasteiger partial charge in [0.1, 0.15) is 11.9 Å². The lowest BCUT2D eigenvalue weighted by Gasteiger charge is -2.28. The van der Waals surface area contributed by atoms with Crippen molar-refractivity contribution in [1.29, 1.82) is 0 Å². The van der Waals surface area contributed by atoms with Crippen LogP contribution in [0.25, 0.3) is 0 Å². The highest BCUT2D eigenvalue weighted by atomic mass is 19.4. The monoisotopic (exact) mass is 290 g/mol. The molecule has 110 valence electrons. The zero-order valence-electron chi connectivity index (χ0n) is 10.6. The predicted molar refractivity (Wildman–Crippen MR) is 64.0 cm³/mol. The number of aryl methyl sites for hydroxylation is 1. The quantitative estimate of drug-likeness (QED) is 0.864. The number of hydrazine groups is 1. The van der Waals surface area contributed by atoms with Crippen LogP contribution in [-0.4, -0.2) is 29.7 Å². The Morgan fingerprint density at radius 1 is 1.35 bits per heavy atom. The Morgan fingerprint density at radius 3 is 2.65 bits per heavy atom. The molecule has 0 aliphatic carbocycles. The van der Waals surface area contributed by atoms with E-state index < -0.39 is 23.9 Å². The highest BCUT2D eigenvalue weighted by Crippen LogP contribution is 2.29. The lowest BCUT2D eigenvalue weighted by atomic mass is 10.0. The second-order valence-corrected chi connectivity index (χ2v) is 4.70. The number of carbonyl (C=O) groups excluding carboxylic acids is 1. The summed E-state index contributed by atoms with van der Waals surface area (Å²) in [6.45, 7) is 0.0339. The van der Waals surface area contributed by atoms with Crippen molar-refractivity contribution < 1.29 is 22.4 Å². The van der Waals surface area contributed by atoms with Crippen molar-refractivity contribution in [3.05, 3.63) is 35.6 Å². The van der Waals surface area contributed by atoms with E-state index in [1.807, 2.05) is 0 Å². The molecule has 0 bridgehead atoms. The van der Waals surface area contributed by atoms with Crippen molar-refractivity contribution in [3.8, 4) is 0 Å². The average Bonchev–Trinajstić information content (AvgIpc) is 2.74. The molecule has 1 aliphatic heterocycles. The van der Waals surface area contributed by atoms with Crippen LogP contribution in [0.1, 0.15) is 18.4 Å². The summed E-state index contributed by atoms with van der Waals surface area (Å²) in [6.07, 6.45) is -4.51. The van der Waals surface area contributed by atoms with E-state index in [0.717, 1.165) is 5.01 Å². The SMILES string of the molecule is O=C1CCN([C@@H](CCc2cccc(F)c2)C(F)(F)F)N1. The Balaban J connectivity index is 2.03. The molecule has 1 heterocycles. The van der Waals surface area contributed by atoms with Gasteiger partial charge in [-0.1, -0.05) is 12.1 Å². The molecule has 1 aromatic carbocycles. The smallest absolute Gasteiger partial charge is 0.288 e. The first kappa shape index (κ1) is 14.8. The van der Waals surface area contributed by atoms with Crippen LogP contribution in [0.2, 0.25) is 0 Å². The number of hydrogen-bond acceptors (Lipinski definition) is 2. The number of rotatable bonds is 4. The van der Waals surface area contributed by atoms with Crippen LogP contribution in [0.4, 0.5) is 17.6 Å². The molecule has 1 N–H and O–H groups in total. The fourth-order valence-electron chi connectivity index (χ4n) is 2.22. The number of benzene rings is 1. The highest BCUT2D eigenvalue weighted by Gasteiger charge is 2.45. The van der Waals surface area contributed by atoms with Crippen molar-refractivity contribution in [2.75, 3.05) is 6.54 Å². The molecular formula is C13H14F4N2O. The van der Waals surface area contributed by atoms with Crippen LogP contribution in [0, 0.1) is 5.82 Å². The second-order valence-electron chi connectivity index (χ2n) is 4.70. The van der Waals surface area contributed by atoms with Gasteiger partial charge in [0.05, 0.1) is 0 Å². The highest BCUT2D eigenvalue weighted by molar-refractivity contribution is 5.77. The summed E-state index contributed by atoms with van der Waals surface area (Å²) in [4.78, 5) is 11.0. The summed E-state index contributed by atoms with van der Waals surface area (Å²) in [7, 11) is 0. The summed E-state index contributed by atoms with van der Waals surface area (Å²) >= 11 is 0. The third-order valence-corrected chi connectivity index (χ3v) is 3.20. The molecule has 0 saturated carbocycles. The molecule has 0 spiro atoms. The van der Waals surface area contributed by atoms with Crippen LogP contribution in [-0.2, 0) is 11.2 Å². The van der Waals surface area contributed by atoms with Crippen molar-refractivity contribution in [2.45, 2.75) is 31.5 Å². The van der Waals surface area contributed by atoms with Crippen LogP contribution in [0.3, 0.4) is 0 Å². The van der Waals surface area contributed by atoms with Gasteiger partial charge in [0.2, 0.25) is 5.91 Å². The summed E-state index contributed by atoms with van der Waals surface area (Å²) in [6, 6.07) is 3.75. The van der Waals surface area contributed by atoms with E-state index in [4.69, 9.17) is 0 Å². The molecule has 1 aromatic rings. The van der Waals surface area contributed by atoms with Crippen LogP contribution in [0.15, 0.2) is 24.3 Å². The van der Waals surface area contributed by atoms with Gasteiger partial charge in [0.15, 0.2) is 0 Å². The third-order valence-electron chi connectivity index (χ3n) is 3.20. The Bertz CT molecular complexity index is 490. The van der Waals surface area contributed by atoms with Gasteiger partial charge in [-0.3, -0.25) is 10.2 Å². The van der Waals surface area contributed by atoms with Crippen molar-refractivity contribution >= 4 is 5.91 Å². The maximum absolute atomic E-state index is 13.0. The zero-order valence-corrected chi connectivity index (χ0v) is 10.6. The fourth-order valence-corrected chi connectivity index (χ4v) is 2.22. The Hall–Kier alpha value is -1.63. The summed E-state index contributed by atoms with van der Waals surface area (Å²) in [5.74, 6) is -0.884. The van der Waals surface area contributed by atoms with E-state index in [-0.39, 0.29) is 25.8 Å². The molecule has 0 unspecified atom stereocenters. The molecule has 1 fully saturated rings. The molecule has 1 atom stereocenters. The van der Waals surface area contributed by atoms with Gasteiger partial charge in [0, 0.05) is 13.0 Å². The van der Waals surface area contributed by atoms with Gasteiger partial charge in [-0.2, -0.15) is 13.2 Å². The van der Waals surface area contributed by atoms with Gasteiger partial charge in [-0.05, 0) is 30.5 Å². The van der Waals surface area contributed by atoms with Crippen molar-refractivity contribution in [3.63, 3.8) is 0 Å². The van der Waals surface area contributed by atoms with E-state index in [0.29, 0.717) is 5.56 Å². The first-order valence-corrected chi connectivity index (χ1v) is 6.23.